The van der Waals surface area contributed by atoms with Crippen LogP contribution in [0.15, 0.2) is 5.38 Å². The van der Waals surface area contributed by atoms with E-state index in [0.717, 1.165) is 6.42 Å². The molecule has 0 radical (unpaired) electrons. The number of carboxylic acid groups (broad SMARTS) is 1. The molecule has 8 heteroatoms. The van der Waals surface area contributed by atoms with Gasteiger partial charge in [0.15, 0.2) is 5.13 Å². The van der Waals surface area contributed by atoms with Crippen molar-refractivity contribution in [1.82, 2.24) is 10.3 Å². The van der Waals surface area contributed by atoms with Gasteiger partial charge in [-0.3, -0.25) is 9.59 Å². The fourth-order valence-corrected chi connectivity index (χ4v) is 2.43. The maximum Gasteiger partial charge on any atom is 0.326 e. The Bertz CT molecular complexity index is 462. The van der Waals surface area contributed by atoms with Gasteiger partial charge in [-0.2, -0.15) is 0 Å². The minimum absolute atomic E-state index is 0.0644. The number of rotatable bonds is 5. The Morgan fingerprint density at radius 1 is 1.78 bits per heavy atom. The number of hydrogen-bond acceptors (Lipinski definition) is 6. The molecule has 0 saturated carbocycles. The number of nitrogens with one attached hydrogen (secondary N) is 2. The Morgan fingerprint density at radius 3 is 3.17 bits per heavy atom. The second-order valence-corrected chi connectivity index (χ2v) is 4.94. The van der Waals surface area contributed by atoms with Crippen LogP contribution in [0.4, 0.5) is 5.13 Å². The van der Waals surface area contributed by atoms with E-state index in [1.807, 2.05) is 0 Å². The second-order valence-electron chi connectivity index (χ2n) is 4.08. The molecule has 1 aliphatic rings. The number of carbonyl (C=O) groups is 2. The average Bonchev–Trinajstić information content (AvgIpc) is 2.94. The third-order valence-corrected chi connectivity index (χ3v) is 3.51. The van der Waals surface area contributed by atoms with E-state index in [9.17, 15) is 9.59 Å². The summed E-state index contributed by atoms with van der Waals surface area (Å²) in [4.78, 5) is 25.8. The molecule has 2 unspecified atom stereocenters. The van der Waals surface area contributed by atoms with E-state index in [1.165, 1.54) is 11.3 Å². The van der Waals surface area contributed by atoms with E-state index in [2.05, 4.69) is 15.6 Å². The molecular weight excluding hydrogens is 256 g/mol. The maximum atomic E-state index is 11.0. The van der Waals surface area contributed by atoms with Crippen LogP contribution < -0.4 is 16.4 Å². The van der Waals surface area contributed by atoms with Crippen molar-refractivity contribution in [3.8, 4) is 0 Å². The van der Waals surface area contributed by atoms with E-state index < -0.39 is 12.0 Å². The summed E-state index contributed by atoms with van der Waals surface area (Å²) in [5.74, 6) is -1.04. The molecule has 0 spiro atoms. The van der Waals surface area contributed by atoms with Crippen LogP contribution in [-0.4, -0.2) is 34.6 Å². The Labute approximate surface area is 107 Å². The normalized spacial score (nSPS) is 20.5. The van der Waals surface area contributed by atoms with Gasteiger partial charge in [0.05, 0.1) is 5.69 Å². The van der Waals surface area contributed by atoms with Crippen LogP contribution in [0.25, 0.3) is 0 Å². The summed E-state index contributed by atoms with van der Waals surface area (Å²) in [6.07, 6.45) is 1.36. The van der Waals surface area contributed by atoms with Gasteiger partial charge in [-0.15, -0.1) is 11.3 Å². The van der Waals surface area contributed by atoms with Crippen LogP contribution in [0.3, 0.4) is 0 Å². The molecule has 1 aromatic rings. The number of hydrogen-bond donors (Lipinski definition) is 4. The third kappa shape index (κ3) is 2.96. The Morgan fingerprint density at radius 2 is 2.56 bits per heavy atom. The van der Waals surface area contributed by atoms with Crippen molar-refractivity contribution in [3.63, 3.8) is 0 Å². The number of aliphatic carboxylic acids is 1. The number of amides is 1. The fourth-order valence-electron chi connectivity index (χ4n) is 1.68. The third-order valence-electron chi connectivity index (χ3n) is 2.69. The largest absolute Gasteiger partial charge is 0.480 e. The van der Waals surface area contributed by atoms with Gasteiger partial charge in [0, 0.05) is 24.4 Å². The van der Waals surface area contributed by atoms with Crippen LogP contribution in [0.2, 0.25) is 0 Å². The Balaban J connectivity index is 1.87. The Kier molecular flexibility index (Phi) is 3.78. The van der Waals surface area contributed by atoms with Gasteiger partial charge >= 0.3 is 5.97 Å². The number of nitrogens with two attached hydrogens (primary N) is 1. The number of carboxylic acids is 1. The monoisotopic (exact) mass is 270 g/mol. The molecule has 2 atom stereocenters. The van der Waals surface area contributed by atoms with E-state index in [-0.39, 0.29) is 11.9 Å². The van der Waals surface area contributed by atoms with Crippen LogP contribution >= 0.6 is 11.3 Å². The first-order valence-electron chi connectivity index (χ1n) is 5.53. The number of nitrogens with zero attached hydrogens (tertiary/aromatic N) is 1. The first-order valence-corrected chi connectivity index (χ1v) is 6.41. The highest BCUT2D eigenvalue weighted by Crippen LogP contribution is 2.20. The predicted octanol–water partition coefficient (Wildman–Crippen LogP) is -0.0820. The molecular formula is C10H14N4O3S. The summed E-state index contributed by atoms with van der Waals surface area (Å²) in [7, 11) is 0. The highest BCUT2D eigenvalue weighted by atomic mass is 32.1. The quantitative estimate of drug-likeness (QED) is 0.594. The van der Waals surface area contributed by atoms with E-state index in [0.29, 0.717) is 23.8 Å². The van der Waals surface area contributed by atoms with Crippen molar-refractivity contribution in [1.29, 1.82) is 0 Å². The van der Waals surface area contributed by atoms with E-state index in [4.69, 9.17) is 10.8 Å². The van der Waals surface area contributed by atoms with E-state index >= 15 is 0 Å². The van der Waals surface area contributed by atoms with Gasteiger partial charge in [-0.1, -0.05) is 0 Å². The van der Waals surface area contributed by atoms with Crippen molar-refractivity contribution in [2.45, 2.75) is 24.9 Å². The lowest BCUT2D eigenvalue weighted by atomic mass is 10.2. The standard InChI is InChI=1S/C10H14N4O3S/c11-8(9(16)17)6-4-18-10(14-6)12-3-5-1-2-7(15)13-5/h4-5,8H,1-3,11H2,(H,12,14)(H,13,15)(H,16,17). The maximum absolute atomic E-state index is 11.0. The predicted molar refractivity (Wildman–Crippen MR) is 66.3 cm³/mol. The zero-order valence-electron chi connectivity index (χ0n) is 9.55. The lowest BCUT2D eigenvalue weighted by molar-refractivity contribution is -0.138. The van der Waals surface area contributed by atoms with Crippen molar-refractivity contribution < 1.29 is 14.7 Å². The van der Waals surface area contributed by atoms with Crippen LogP contribution in [-0.2, 0) is 9.59 Å². The highest BCUT2D eigenvalue weighted by Gasteiger charge is 2.21. The number of aromatic nitrogens is 1. The van der Waals surface area contributed by atoms with Crippen molar-refractivity contribution in [2.75, 3.05) is 11.9 Å². The van der Waals surface area contributed by atoms with Gasteiger partial charge < -0.3 is 21.5 Å². The molecule has 5 N–H and O–H groups in total. The van der Waals surface area contributed by atoms with Crippen LogP contribution in [0, 0.1) is 0 Å². The smallest absolute Gasteiger partial charge is 0.326 e. The molecule has 1 saturated heterocycles. The summed E-state index contributed by atoms with van der Waals surface area (Å²) >= 11 is 1.30. The molecule has 1 amide bonds. The number of carbonyl (C=O) groups excluding carboxylic acids is 1. The molecule has 2 heterocycles. The van der Waals surface area contributed by atoms with Gasteiger partial charge in [0.1, 0.15) is 6.04 Å². The molecule has 7 nitrogen and oxygen atoms in total. The molecule has 1 aliphatic heterocycles. The van der Waals surface area contributed by atoms with Crippen molar-refractivity contribution in [3.05, 3.63) is 11.1 Å². The zero-order valence-corrected chi connectivity index (χ0v) is 10.4. The molecule has 1 fully saturated rings. The lowest BCUT2D eigenvalue weighted by Crippen LogP contribution is -2.31. The molecule has 2 rings (SSSR count). The zero-order chi connectivity index (χ0) is 13.1. The van der Waals surface area contributed by atoms with E-state index in [1.54, 1.807) is 5.38 Å². The molecule has 1 aromatic heterocycles. The summed E-state index contributed by atoms with van der Waals surface area (Å²) in [5.41, 5.74) is 5.79. The topological polar surface area (TPSA) is 117 Å². The number of anilines is 1. The fraction of sp³-hybridized carbons (Fsp3) is 0.500. The van der Waals surface area contributed by atoms with Gasteiger partial charge in [-0.25, -0.2) is 4.98 Å². The summed E-state index contributed by atoms with van der Waals surface area (Å²) in [5, 5.41) is 16.9. The van der Waals surface area contributed by atoms with Gasteiger partial charge in [0.25, 0.3) is 0 Å². The lowest BCUT2D eigenvalue weighted by Gasteiger charge is -2.09. The molecule has 18 heavy (non-hydrogen) atoms. The molecule has 0 aromatic carbocycles. The minimum atomic E-state index is -1.10. The molecule has 0 bridgehead atoms. The first-order chi connectivity index (χ1) is 8.56. The summed E-state index contributed by atoms with van der Waals surface area (Å²) in [6, 6.07) is -0.985. The molecule has 0 aliphatic carbocycles. The molecule has 98 valence electrons. The average molecular weight is 270 g/mol. The van der Waals surface area contributed by atoms with Crippen molar-refractivity contribution in [2.24, 2.45) is 5.73 Å². The minimum Gasteiger partial charge on any atom is -0.480 e. The Hall–Kier alpha value is -1.67. The van der Waals surface area contributed by atoms with Gasteiger partial charge in [0.2, 0.25) is 5.91 Å². The summed E-state index contributed by atoms with van der Waals surface area (Å²) < 4.78 is 0. The highest BCUT2D eigenvalue weighted by molar-refractivity contribution is 7.13. The SMILES string of the molecule is NC(C(=O)O)c1csc(NCC2CCC(=O)N2)n1. The number of thiazole rings is 1. The summed E-state index contributed by atoms with van der Waals surface area (Å²) in [6.45, 7) is 0.584. The van der Waals surface area contributed by atoms with Crippen LogP contribution in [0.5, 0.6) is 0 Å². The van der Waals surface area contributed by atoms with Crippen molar-refractivity contribution >= 4 is 28.3 Å². The first kappa shape index (κ1) is 12.8. The second kappa shape index (κ2) is 5.32. The van der Waals surface area contributed by atoms with Gasteiger partial charge in [-0.05, 0) is 6.42 Å². The van der Waals surface area contributed by atoms with Crippen LogP contribution in [0.1, 0.15) is 24.6 Å².